The van der Waals surface area contributed by atoms with Gasteiger partial charge in [0, 0.05) is 10.9 Å². The van der Waals surface area contributed by atoms with Crippen LogP contribution in [0.25, 0.3) is 22.0 Å². The van der Waals surface area contributed by atoms with E-state index in [0.717, 1.165) is 12.1 Å². The Hall–Kier alpha value is -2.22. The van der Waals surface area contributed by atoms with Gasteiger partial charge >= 0.3 is 6.18 Å². The van der Waals surface area contributed by atoms with E-state index in [-0.39, 0.29) is 0 Å². The van der Waals surface area contributed by atoms with Crippen molar-refractivity contribution < 1.29 is 13.2 Å². The van der Waals surface area contributed by atoms with E-state index in [1.165, 1.54) is 23.6 Å². The first-order chi connectivity index (χ1) is 9.54. The summed E-state index contributed by atoms with van der Waals surface area (Å²) in [6.45, 7) is 0. The van der Waals surface area contributed by atoms with Gasteiger partial charge in [0.25, 0.3) is 0 Å². The van der Waals surface area contributed by atoms with Gasteiger partial charge in [-0.25, -0.2) is 4.98 Å². The summed E-state index contributed by atoms with van der Waals surface area (Å²) < 4.78 is 38.0. The molecule has 4 nitrogen and oxygen atoms in total. The molecule has 0 atom stereocenters. The number of aromatic nitrogens is 4. The monoisotopic (exact) mass is 296 g/mol. The van der Waals surface area contributed by atoms with Crippen LogP contribution < -0.4 is 0 Å². The van der Waals surface area contributed by atoms with Gasteiger partial charge in [-0.2, -0.15) is 13.2 Å². The highest BCUT2D eigenvalue weighted by atomic mass is 32.1. The lowest BCUT2D eigenvalue weighted by Gasteiger charge is -2.07. The summed E-state index contributed by atoms with van der Waals surface area (Å²) in [4.78, 5) is 4.29. The van der Waals surface area contributed by atoms with Gasteiger partial charge in [0.1, 0.15) is 16.4 Å². The van der Waals surface area contributed by atoms with Gasteiger partial charge in [0.15, 0.2) is 0 Å². The van der Waals surface area contributed by atoms with Gasteiger partial charge in [-0.1, -0.05) is 17.3 Å². The average molecular weight is 296 g/mol. The van der Waals surface area contributed by atoms with Crippen molar-refractivity contribution in [1.29, 1.82) is 0 Å². The van der Waals surface area contributed by atoms with Crippen molar-refractivity contribution in [2.75, 3.05) is 0 Å². The SMILES string of the molecule is FC(F)(F)c1cccc(-c2nc(-c3cnn[nH]3)cs2)c1. The molecule has 0 bridgehead atoms. The molecule has 0 aliphatic rings. The van der Waals surface area contributed by atoms with E-state index in [4.69, 9.17) is 0 Å². The number of alkyl halides is 3. The van der Waals surface area contributed by atoms with E-state index in [1.54, 1.807) is 11.4 Å². The van der Waals surface area contributed by atoms with Gasteiger partial charge < -0.3 is 0 Å². The van der Waals surface area contributed by atoms with Gasteiger partial charge in [-0.15, -0.1) is 16.4 Å². The molecule has 0 amide bonds. The molecule has 0 fully saturated rings. The normalized spacial score (nSPS) is 11.8. The van der Waals surface area contributed by atoms with Crippen molar-refractivity contribution in [1.82, 2.24) is 20.4 Å². The molecule has 0 radical (unpaired) electrons. The van der Waals surface area contributed by atoms with Crippen LogP contribution in [-0.2, 0) is 6.18 Å². The first kappa shape index (κ1) is 12.8. The number of aromatic amines is 1. The van der Waals surface area contributed by atoms with Crippen LogP contribution in [-0.4, -0.2) is 20.4 Å². The number of halogens is 3. The van der Waals surface area contributed by atoms with Gasteiger partial charge in [-0.05, 0) is 12.1 Å². The van der Waals surface area contributed by atoms with Crippen molar-refractivity contribution >= 4 is 11.3 Å². The van der Waals surface area contributed by atoms with E-state index in [0.29, 0.717) is 22.0 Å². The minimum atomic E-state index is -4.36. The Balaban J connectivity index is 1.98. The fourth-order valence-corrected chi connectivity index (χ4v) is 2.50. The summed E-state index contributed by atoms with van der Waals surface area (Å²) in [5, 5.41) is 12.1. The zero-order valence-electron chi connectivity index (χ0n) is 9.85. The molecule has 2 aromatic heterocycles. The average Bonchev–Trinajstić information content (AvgIpc) is 3.09. The topological polar surface area (TPSA) is 54.5 Å². The summed E-state index contributed by atoms with van der Waals surface area (Å²) in [5.41, 5.74) is 0.977. The fraction of sp³-hybridized carbons (Fsp3) is 0.0833. The summed E-state index contributed by atoms with van der Waals surface area (Å²) in [7, 11) is 0. The van der Waals surface area contributed by atoms with E-state index in [9.17, 15) is 13.2 Å². The van der Waals surface area contributed by atoms with Crippen LogP contribution in [0.2, 0.25) is 0 Å². The summed E-state index contributed by atoms with van der Waals surface area (Å²) in [6, 6.07) is 5.10. The highest BCUT2D eigenvalue weighted by Crippen LogP contribution is 2.33. The smallest absolute Gasteiger partial charge is 0.256 e. The lowest BCUT2D eigenvalue weighted by atomic mass is 10.1. The van der Waals surface area contributed by atoms with Gasteiger partial charge in [0.2, 0.25) is 0 Å². The Labute approximate surface area is 115 Å². The van der Waals surface area contributed by atoms with Crippen molar-refractivity contribution in [3.8, 4) is 22.0 Å². The molecule has 0 aliphatic heterocycles. The number of rotatable bonds is 2. The lowest BCUT2D eigenvalue weighted by molar-refractivity contribution is -0.137. The molecule has 0 saturated carbocycles. The van der Waals surface area contributed by atoms with Crippen LogP contribution in [0.1, 0.15) is 5.56 Å². The summed E-state index contributed by atoms with van der Waals surface area (Å²) in [6.07, 6.45) is -2.85. The Kier molecular flexibility index (Phi) is 3.01. The van der Waals surface area contributed by atoms with Crippen molar-refractivity contribution in [2.45, 2.75) is 6.18 Å². The third-order valence-electron chi connectivity index (χ3n) is 2.63. The van der Waals surface area contributed by atoms with Crippen LogP contribution in [0.4, 0.5) is 13.2 Å². The van der Waals surface area contributed by atoms with Crippen LogP contribution >= 0.6 is 11.3 Å². The quantitative estimate of drug-likeness (QED) is 0.786. The Morgan fingerprint density at radius 3 is 2.75 bits per heavy atom. The maximum absolute atomic E-state index is 12.7. The fourth-order valence-electron chi connectivity index (χ4n) is 1.68. The molecule has 0 spiro atoms. The number of thiazole rings is 1. The number of hydrogen-bond donors (Lipinski definition) is 1. The number of benzene rings is 1. The van der Waals surface area contributed by atoms with Crippen molar-refractivity contribution in [2.24, 2.45) is 0 Å². The predicted octanol–water partition coefficient (Wildman–Crippen LogP) is 3.61. The molecule has 0 aliphatic carbocycles. The van der Waals surface area contributed by atoms with E-state index in [1.807, 2.05) is 0 Å². The molecule has 8 heteroatoms. The number of nitrogens with zero attached hydrogens (tertiary/aromatic N) is 3. The molecule has 1 N–H and O–H groups in total. The molecule has 3 rings (SSSR count). The van der Waals surface area contributed by atoms with Crippen LogP contribution in [0.3, 0.4) is 0 Å². The highest BCUT2D eigenvalue weighted by Gasteiger charge is 2.30. The molecule has 0 saturated heterocycles. The van der Waals surface area contributed by atoms with Crippen molar-refractivity contribution in [3.05, 3.63) is 41.4 Å². The van der Waals surface area contributed by atoms with E-state index in [2.05, 4.69) is 20.4 Å². The van der Waals surface area contributed by atoms with E-state index >= 15 is 0 Å². The number of nitrogens with one attached hydrogen (secondary N) is 1. The minimum Gasteiger partial charge on any atom is -0.256 e. The molecule has 0 unspecified atom stereocenters. The van der Waals surface area contributed by atoms with E-state index < -0.39 is 11.7 Å². The zero-order chi connectivity index (χ0) is 14.2. The molecular formula is C12H7F3N4S. The summed E-state index contributed by atoms with van der Waals surface area (Å²) in [5.74, 6) is 0. The van der Waals surface area contributed by atoms with Gasteiger partial charge in [-0.3, -0.25) is 5.10 Å². The minimum absolute atomic E-state index is 0.434. The largest absolute Gasteiger partial charge is 0.416 e. The first-order valence-electron chi connectivity index (χ1n) is 5.53. The standard InChI is InChI=1S/C12H7F3N4S/c13-12(14,15)8-3-1-2-7(4-8)11-17-10(6-20-11)9-5-16-19-18-9/h1-6H,(H,16,18,19). The highest BCUT2D eigenvalue weighted by molar-refractivity contribution is 7.13. The van der Waals surface area contributed by atoms with Crippen molar-refractivity contribution in [3.63, 3.8) is 0 Å². The third-order valence-corrected chi connectivity index (χ3v) is 3.52. The molecule has 2 heterocycles. The zero-order valence-corrected chi connectivity index (χ0v) is 10.7. The predicted molar refractivity (Wildman–Crippen MR) is 67.9 cm³/mol. The van der Waals surface area contributed by atoms with Crippen LogP contribution in [0, 0.1) is 0 Å². The molecule has 3 aromatic rings. The summed E-state index contributed by atoms with van der Waals surface area (Å²) >= 11 is 1.27. The third kappa shape index (κ3) is 2.42. The molecule has 1 aromatic carbocycles. The van der Waals surface area contributed by atoms with Crippen LogP contribution in [0.15, 0.2) is 35.8 Å². The second-order valence-corrected chi connectivity index (χ2v) is 4.84. The maximum atomic E-state index is 12.7. The Morgan fingerprint density at radius 2 is 2.05 bits per heavy atom. The number of hydrogen-bond acceptors (Lipinski definition) is 4. The van der Waals surface area contributed by atoms with Crippen LogP contribution in [0.5, 0.6) is 0 Å². The second-order valence-electron chi connectivity index (χ2n) is 3.99. The van der Waals surface area contributed by atoms with Gasteiger partial charge in [0.05, 0.1) is 11.8 Å². The molecule has 102 valence electrons. The second kappa shape index (κ2) is 4.71. The molecular weight excluding hydrogens is 289 g/mol. The Bertz CT molecular complexity index is 718. The number of H-pyrrole nitrogens is 1. The maximum Gasteiger partial charge on any atom is 0.416 e. The Morgan fingerprint density at radius 1 is 1.20 bits per heavy atom. The first-order valence-corrected chi connectivity index (χ1v) is 6.41. The molecule has 20 heavy (non-hydrogen) atoms. The lowest BCUT2D eigenvalue weighted by Crippen LogP contribution is -2.04.